The van der Waals surface area contributed by atoms with Crippen molar-refractivity contribution in [1.82, 2.24) is 0 Å². The highest BCUT2D eigenvalue weighted by molar-refractivity contribution is 7.10. The van der Waals surface area contributed by atoms with Crippen LogP contribution in [0.1, 0.15) is 22.0 Å². The van der Waals surface area contributed by atoms with Crippen LogP contribution >= 0.6 is 46.1 Å². The van der Waals surface area contributed by atoms with Gasteiger partial charge in [0.15, 0.2) is 0 Å². The van der Waals surface area contributed by atoms with E-state index in [1.807, 2.05) is 11.4 Å². The molecule has 1 N–H and O–H groups in total. The first-order valence-electron chi connectivity index (χ1n) is 9.39. The maximum Gasteiger partial charge on any atom is 0.300 e. The van der Waals surface area contributed by atoms with Crippen LogP contribution < -0.4 is 9.64 Å². The minimum Gasteiger partial charge on any atom is -0.507 e. The van der Waals surface area contributed by atoms with Crippen LogP contribution in [0.2, 0.25) is 15.1 Å². The lowest BCUT2D eigenvalue weighted by Gasteiger charge is -2.26. The second-order valence-corrected chi connectivity index (χ2v) is 9.27. The highest BCUT2D eigenvalue weighted by Crippen LogP contribution is 2.47. The Morgan fingerprint density at radius 2 is 1.84 bits per heavy atom. The average Bonchev–Trinajstić information content (AvgIpc) is 3.36. The maximum atomic E-state index is 13.2. The molecule has 2 heterocycles. The molecule has 1 amide bonds. The van der Waals surface area contributed by atoms with Crippen molar-refractivity contribution in [3.05, 3.63) is 84.5 Å². The molecule has 1 unspecified atom stereocenters. The summed E-state index contributed by atoms with van der Waals surface area (Å²) < 4.78 is 5.34. The molecule has 5 nitrogen and oxygen atoms in total. The third-order valence-electron chi connectivity index (χ3n) is 5.22. The smallest absolute Gasteiger partial charge is 0.300 e. The Morgan fingerprint density at radius 1 is 1.09 bits per heavy atom. The third-order valence-corrected chi connectivity index (χ3v) is 7.06. The van der Waals surface area contributed by atoms with Crippen LogP contribution in [0, 0.1) is 6.92 Å². The molecule has 1 atom stereocenters. The van der Waals surface area contributed by atoms with E-state index in [2.05, 4.69) is 0 Å². The number of halogens is 3. The topological polar surface area (TPSA) is 66.8 Å². The van der Waals surface area contributed by atoms with E-state index >= 15 is 0 Å². The van der Waals surface area contributed by atoms with Crippen LogP contribution in [0.25, 0.3) is 5.76 Å². The summed E-state index contributed by atoms with van der Waals surface area (Å²) in [5.41, 5.74) is 1.15. The van der Waals surface area contributed by atoms with Gasteiger partial charge in [-0.3, -0.25) is 14.5 Å². The number of amides is 1. The monoisotopic (exact) mass is 507 g/mol. The number of methoxy groups -OCH3 is 1. The molecule has 0 aliphatic carbocycles. The fraction of sp³-hybridized carbons (Fsp3) is 0.130. The molecule has 1 aromatic heterocycles. The van der Waals surface area contributed by atoms with Gasteiger partial charge < -0.3 is 9.84 Å². The van der Waals surface area contributed by atoms with E-state index in [9.17, 15) is 14.7 Å². The van der Waals surface area contributed by atoms with Gasteiger partial charge in [-0.2, -0.15) is 0 Å². The van der Waals surface area contributed by atoms with Crippen molar-refractivity contribution in [2.24, 2.45) is 0 Å². The highest BCUT2D eigenvalue weighted by atomic mass is 35.5. The van der Waals surface area contributed by atoms with Crippen LogP contribution in [0.3, 0.4) is 0 Å². The van der Waals surface area contributed by atoms with E-state index in [4.69, 9.17) is 39.5 Å². The predicted octanol–water partition coefficient (Wildman–Crippen LogP) is 6.65. The fourth-order valence-electron chi connectivity index (χ4n) is 3.74. The van der Waals surface area contributed by atoms with Crippen molar-refractivity contribution < 1.29 is 19.4 Å². The Hall–Kier alpha value is -2.51. The van der Waals surface area contributed by atoms with Crippen LogP contribution in [-0.4, -0.2) is 23.9 Å². The van der Waals surface area contributed by atoms with Gasteiger partial charge in [-0.15, -0.1) is 11.3 Å². The van der Waals surface area contributed by atoms with Gasteiger partial charge in [0.2, 0.25) is 0 Å². The summed E-state index contributed by atoms with van der Waals surface area (Å²) in [4.78, 5) is 28.5. The zero-order chi connectivity index (χ0) is 23.2. The molecule has 0 spiro atoms. The van der Waals surface area contributed by atoms with Gasteiger partial charge in [0.05, 0.1) is 23.3 Å². The summed E-state index contributed by atoms with van der Waals surface area (Å²) in [6, 6.07) is 10.8. The minimum absolute atomic E-state index is 0.0894. The summed E-state index contributed by atoms with van der Waals surface area (Å²) in [5.74, 6) is -1.89. The zero-order valence-electron chi connectivity index (χ0n) is 16.9. The van der Waals surface area contributed by atoms with E-state index in [1.165, 1.54) is 35.5 Å². The number of thiophene rings is 1. The van der Waals surface area contributed by atoms with E-state index < -0.39 is 23.5 Å². The van der Waals surface area contributed by atoms with Crippen LogP contribution in [0.4, 0.5) is 5.69 Å². The largest absolute Gasteiger partial charge is 0.507 e. The number of carbonyl (C=O) groups is 2. The summed E-state index contributed by atoms with van der Waals surface area (Å²) in [6.45, 7) is 1.77. The maximum absolute atomic E-state index is 13.2. The number of ketones is 1. The number of hydrogen-bond acceptors (Lipinski definition) is 5. The second kappa shape index (κ2) is 8.79. The molecular weight excluding hydrogens is 493 g/mol. The van der Waals surface area contributed by atoms with Crippen molar-refractivity contribution >= 4 is 69.3 Å². The molecule has 0 bridgehead atoms. The summed E-state index contributed by atoms with van der Waals surface area (Å²) in [5, 5.41) is 14.0. The molecule has 164 valence electrons. The van der Waals surface area contributed by atoms with Gasteiger partial charge in [0.1, 0.15) is 17.6 Å². The first-order chi connectivity index (χ1) is 15.3. The van der Waals surface area contributed by atoms with Crippen molar-refractivity contribution in [1.29, 1.82) is 0 Å². The van der Waals surface area contributed by atoms with Crippen LogP contribution in [0.15, 0.2) is 53.4 Å². The zero-order valence-corrected chi connectivity index (χ0v) is 19.9. The molecule has 1 saturated heterocycles. The standard InChI is InChI=1S/C23H16Cl3NO4S/c1-11-14(25)5-3-6-16(11)27-19(17-7-4-8-32-17)18(21(29)23(27)30)20(28)13-9-12(24)10-15(26)22(13)31-2/h3-10,19,28H,1-2H3/b20-18-. The Bertz CT molecular complexity index is 1270. The average molecular weight is 509 g/mol. The summed E-state index contributed by atoms with van der Waals surface area (Å²) in [7, 11) is 1.39. The highest BCUT2D eigenvalue weighted by Gasteiger charge is 2.48. The Balaban J connectivity index is 2.01. The minimum atomic E-state index is -0.866. The summed E-state index contributed by atoms with van der Waals surface area (Å²) in [6.07, 6.45) is 0. The molecule has 3 aromatic rings. The van der Waals surface area contributed by atoms with Gasteiger partial charge in [0, 0.05) is 20.6 Å². The van der Waals surface area contributed by atoms with Crippen molar-refractivity contribution in [2.75, 3.05) is 12.0 Å². The lowest BCUT2D eigenvalue weighted by atomic mass is 9.99. The van der Waals surface area contributed by atoms with Crippen LogP contribution in [-0.2, 0) is 9.59 Å². The van der Waals surface area contributed by atoms with Gasteiger partial charge in [0.25, 0.3) is 11.7 Å². The number of ether oxygens (including phenoxy) is 1. The lowest BCUT2D eigenvalue weighted by Crippen LogP contribution is -2.29. The van der Waals surface area contributed by atoms with Crippen molar-refractivity contribution in [3.8, 4) is 5.75 Å². The molecule has 0 radical (unpaired) electrons. The number of aliphatic hydroxyl groups is 1. The van der Waals surface area contributed by atoms with E-state index in [-0.39, 0.29) is 26.9 Å². The number of hydrogen-bond donors (Lipinski definition) is 1. The molecule has 0 saturated carbocycles. The normalized spacial score (nSPS) is 17.8. The first-order valence-corrected chi connectivity index (χ1v) is 11.4. The SMILES string of the molecule is COc1c(Cl)cc(Cl)cc1/C(O)=C1/C(=O)C(=O)N(c2cccc(Cl)c2C)C1c1cccs1. The number of aliphatic hydroxyl groups excluding tert-OH is 1. The lowest BCUT2D eigenvalue weighted by molar-refractivity contribution is -0.132. The van der Waals surface area contributed by atoms with Gasteiger partial charge in [-0.05, 0) is 48.2 Å². The molecule has 32 heavy (non-hydrogen) atoms. The number of nitrogens with zero attached hydrogens (tertiary/aromatic N) is 1. The third kappa shape index (κ3) is 3.67. The van der Waals surface area contributed by atoms with Crippen LogP contribution in [0.5, 0.6) is 5.75 Å². The van der Waals surface area contributed by atoms with E-state index in [1.54, 1.807) is 31.2 Å². The number of anilines is 1. The van der Waals surface area contributed by atoms with Crippen molar-refractivity contribution in [2.45, 2.75) is 13.0 Å². The number of rotatable bonds is 4. The van der Waals surface area contributed by atoms with Gasteiger partial charge in [-0.25, -0.2) is 0 Å². The molecule has 9 heteroatoms. The second-order valence-electron chi connectivity index (χ2n) is 7.04. The molecular formula is C23H16Cl3NO4S. The molecule has 4 rings (SSSR count). The molecule has 1 fully saturated rings. The first kappa shape index (κ1) is 22.7. The van der Waals surface area contributed by atoms with Crippen molar-refractivity contribution in [3.63, 3.8) is 0 Å². The number of carbonyl (C=O) groups excluding carboxylic acids is 2. The van der Waals surface area contributed by atoms with Gasteiger partial charge in [-0.1, -0.05) is 46.9 Å². The van der Waals surface area contributed by atoms with E-state index in [0.717, 1.165) is 0 Å². The predicted molar refractivity (Wildman–Crippen MR) is 128 cm³/mol. The Morgan fingerprint density at radius 3 is 2.50 bits per heavy atom. The van der Waals surface area contributed by atoms with E-state index in [0.29, 0.717) is 21.2 Å². The Labute approximate surface area is 203 Å². The number of Topliss-reactive ketones (excluding diaryl/α,β-unsaturated/α-hetero) is 1. The fourth-order valence-corrected chi connectivity index (χ4v) is 5.31. The molecule has 2 aromatic carbocycles. The quantitative estimate of drug-likeness (QED) is 0.243. The summed E-state index contributed by atoms with van der Waals surface area (Å²) >= 11 is 20.0. The molecule has 1 aliphatic heterocycles. The number of benzene rings is 2. The van der Waals surface area contributed by atoms with Gasteiger partial charge >= 0.3 is 0 Å². The Kier molecular flexibility index (Phi) is 6.23. The molecule has 1 aliphatic rings.